The Morgan fingerprint density at radius 3 is 0.324 bits per heavy atom. The average molecular weight is 1890 g/mol. The topological polar surface area (TPSA) is 0 Å². The molecule has 0 heteroatoms. The van der Waals surface area contributed by atoms with Gasteiger partial charge in [-0.05, 0) is 340 Å². The zero-order valence-electron chi connectivity index (χ0n) is 97.9. The molecule has 0 saturated heterocycles. The third-order valence-corrected chi connectivity index (χ3v) is 30.3. The SMILES string of the molecule is CC(C)(C)c1cc(-c2cc(-c3cc(C(C)(C)C)cc(C(C)(C)C)c3)cc(-c3cc(-c4c(-c5cc(C(C)(C)C)cc(C(C)(C)C)c5)cccc4-c4cc(C(C)(C)C)cc(C(C)(C)C)c4)c(-c4c(-c5cc(C(C)(C)C)cc(C(C)(C)C)c5)cccc4-c4cc(C(C)(C)C)cc(C(C)(C)C)c4)cc3-c3c(-c4cc(C(C)(C)C)cc(C(C)(C)C)c4)cccc3-c3cc(C(C)(C)C)cc(C(C)(C)C)c3)c2)cc(C(C)(C)C)c1. The fraction of sp³-hybridized carbons (Fsp3) is 0.451. The summed E-state index contributed by atoms with van der Waals surface area (Å²) in [6.07, 6.45) is 0. The van der Waals surface area contributed by atoms with Crippen molar-refractivity contribution in [2.24, 2.45) is 0 Å². The van der Waals surface area contributed by atoms with E-state index in [4.69, 9.17) is 0 Å². The van der Waals surface area contributed by atoms with Crippen LogP contribution in [0.1, 0.15) is 421 Å². The van der Waals surface area contributed by atoms with Crippen LogP contribution in [0, 0.1) is 0 Å². The van der Waals surface area contributed by atoms with Crippen molar-refractivity contribution in [3.8, 4) is 134 Å². The minimum atomic E-state index is -0.224. The molecule has 0 heterocycles. The molecule has 13 aromatic rings. The van der Waals surface area contributed by atoms with E-state index in [1.54, 1.807) is 0 Å². The van der Waals surface area contributed by atoms with Crippen molar-refractivity contribution in [2.75, 3.05) is 0 Å². The van der Waals surface area contributed by atoms with E-state index < -0.39 is 0 Å². The van der Waals surface area contributed by atoms with Gasteiger partial charge in [0.25, 0.3) is 0 Å². The summed E-state index contributed by atoms with van der Waals surface area (Å²) >= 11 is 0. The van der Waals surface area contributed by atoms with E-state index in [9.17, 15) is 0 Å². The van der Waals surface area contributed by atoms with Crippen LogP contribution in [-0.2, 0) is 86.6 Å². The number of hydrogen-bond donors (Lipinski definition) is 0. The lowest BCUT2D eigenvalue weighted by atomic mass is 9.73. The van der Waals surface area contributed by atoms with Gasteiger partial charge in [0.15, 0.2) is 0 Å². The normalized spacial score (nSPS) is 13.6. The Hall–Kier alpha value is -10.1. The largest absolute Gasteiger partial charge is 0.0610 e. The maximum atomic E-state index is 2.82. The van der Waals surface area contributed by atoms with E-state index in [2.05, 4.69) is 563 Å². The van der Waals surface area contributed by atoms with Gasteiger partial charge in [0.2, 0.25) is 0 Å². The molecule has 0 radical (unpaired) electrons. The predicted molar refractivity (Wildman–Crippen MR) is 631 cm³/mol. The van der Waals surface area contributed by atoms with E-state index >= 15 is 0 Å². The van der Waals surface area contributed by atoms with Crippen LogP contribution in [-0.4, -0.2) is 0 Å². The monoisotopic (exact) mass is 1890 g/mol. The summed E-state index contributed by atoms with van der Waals surface area (Å²) in [5.41, 5.74) is 45.8. The zero-order chi connectivity index (χ0) is 106. The highest BCUT2D eigenvalue weighted by Gasteiger charge is 2.37. The van der Waals surface area contributed by atoms with Crippen molar-refractivity contribution in [1.29, 1.82) is 0 Å². The van der Waals surface area contributed by atoms with Gasteiger partial charge in [-0.25, -0.2) is 0 Å². The first-order chi connectivity index (χ1) is 64.4. The summed E-state index contributed by atoms with van der Waals surface area (Å²) in [7, 11) is 0. The Labute approximate surface area is 865 Å². The molecule has 0 aromatic heterocycles. The van der Waals surface area contributed by atoms with Gasteiger partial charge in [-0.3, -0.25) is 0 Å². The standard InChI is InChI=1S/C142H182/c1-127(2,3)98-61-89(62-99(77-98)128(4,5)6)87-58-88(90-63-100(129(7,8)9)78-101(64-90)130(10,11)12)60-91(59-87)120-85-122(125-116(94-69-106(135(25,26)27)81-107(70-94)136(28,29)30)54-50-55-117(125)95-71-108(137(31,32)33)82-109(72-95)138(34,35)36)123(126-118(96-73-110(139(37,38)39)83-111(74-96)140(40,41)42)56-51-57-119(126)97-75-112(141(43,44)45)84-113(76-97)142(46,47)48)86-121(120)124-114(92-65-102(131(13,14)15)79-103(66-92)132(16,17)18)52-49-53-115(124)93-67-104(133(19,20)21)80-105(68-93)134(22,23)24/h49-86H,1-48H3. The highest BCUT2D eigenvalue weighted by atomic mass is 14.4. The number of rotatable bonds is 12. The molecule has 0 aliphatic rings. The first-order valence-electron chi connectivity index (χ1n) is 53.5. The van der Waals surface area contributed by atoms with Crippen molar-refractivity contribution in [1.82, 2.24) is 0 Å². The Kier molecular flexibility index (Phi) is 28.5. The molecule has 0 aliphatic heterocycles. The van der Waals surface area contributed by atoms with E-state index in [0.29, 0.717) is 0 Å². The Morgan fingerprint density at radius 1 is 0.0915 bits per heavy atom. The van der Waals surface area contributed by atoms with Crippen molar-refractivity contribution >= 4 is 0 Å². The van der Waals surface area contributed by atoms with Crippen molar-refractivity contribution in [3.05, 3.63) is 320 Å². The van der Waals surface area contributed by atoms with Crippen LogP contribution < -0.4 is 0 Å². The number of hydrogen-bond acceptors (Lipinski definition) is 0. The van der Waals surface area contributed by atoms with Crippen molar-refractivity contribution in [2.45, 2.75) is 419 Å². The number of benzene rings is 13. The van der Waals surface area contributed by atoms with Gasteiger partial charge in [0.05, 0.1) is 0 Å². The van der Waals surface area contributed by atoms with Crippen LogP contribution in [0.2, 0.25) is 0 Å². The van der Waals surface area contributed by atoms with Gasteiger partial charge < -0.3 is 0 Å². The average Bonchev–Trinajstić information content (AvgIpc) is 0.715. The van der Waals surface area contributed by atoms with Crippen LogP contribution in [0.3, 0.4) is 0 Å². The summed E-state index contributed by atoms with van der Waals surface area (Å²) < 4.78 is 0. The lowest BCUT2D eigenvalue weighted by Gasteiger charge is -2.31. The van der Waals surface area contributed by atoms with Crippen LogP contribution in [0.25, 0.3) is 134 Å². The van der Waals surface area contributed by atoms with E-state index in [0.717, 1.165) is 27.8 Å². The fourth-order valence-corrected chi connectivity index (χ4v) is 19.8. The Balaban J connectivity index is 1.50. The Morgan fingerprint density at radius 2 is 0.190 bits per heavy atom. The molecular weight excluding hydrogens is 1710 g/mol. The summed E-state index contributed by atoms with van der Waals surface area (Å²) in [4.78, 5) is 0. The quantitative estimate of drug-likeness (QED) is 0.114. The Bertz CT molecular complexity index is 6320. The molecule has 0 aliphatic carbocycles. The van der Waals surface area contributed by atoms with Gasteiger partial charge >= 0.3 is 0 Å². The van der Waals surface area contributed by atoms with E-state index in [1.807, 2.05) is 0 Å². The molecule has 0 fully saturated rings. The molecule has 0 amide bonds. The molecule has 142 heavy (non-hydrogen) atoms. The van der Waals surface area contributed by atoms with Gasteiger partial charge in [-0.15, -0.1) is 0 Å². The molecule has 0 N–H and O–H groups in total. The summed E-state index contributed by atoms with van der Waals surface area (Å²) in [5, 5.41) is 0. The molecule has 0 unspecified atom stereocenters. The predicted octanol–water partition coefficient (Wildman–Crippen LogP) is 42.5. The van der Waals surface area contributed by atoms with Crippen molar-refractivity contribution in [3.63, 3.8) is 0 Å². The fourth-order valence-electron chi connectivity index (χ4n) is 19.8. The van der Waals surface area contributed by atoms with Crippen LogP contribution in [0.4, 0.5) is 0 Å². The summed E-state index contributed by atoms with van der Waals surface area (Å²) in [5.74, 6) is 0. The smallest absolute Gasteiger partial charge is 0.00203 e. The highest BCUT2D eigenvalue weighted by molar-refractivity contribution is 6.11. The second-order valence-electron chi connectivity index (χ2n) is 59.3. The van der Waals surface area contributed by atoms with Crippen LogP contribution in [0.5, 0.6) is 0 Å². The molecule has 0 atom stereocenters. The molecule has 13 aromatic carbocycles. The zero-order valence-corrected chi connectivity index (χ0v) is 97.9. The third kappa shape index (κ3) is 24.0. The molecule has 0 bridgehead atoms. The minimum Gasteiger partial charge on any atom is -0.0610 e. The van der Waals surface area contributed by atoms with Crippen LogP contribution >= 0.6 is 0 Å². The summed E-state index contributed by atoms with van der Waals surface area (Å²) in [6.45, 7) is 116. The molecule has 0 saturated carbocycles. The second kappa shape index (κ2) is 37.1. The first kappa shape index (κ1) is 109. The van der Waals surface area contributed by atoms with Gasteiger partial charge in [-0.1, -0.05) is 533 Å². The molecule has 13 rings (SSSR count). The maximum Gasteiger partial charge on any atom is -0.00203 e. The first-order valence-corrected chi connectivity index (χ1v) is 53.5. The van der Waals surface area contributed by atoms with E-state index in [-0.39, 0.29) is 86.6 Å². The van der Waals surface area contributed by atoms with Gasteiger partial charge in [0.1, 0.15) is 0 Å². The minimum absolute atomic E-state index is 0.184. The van der Waals surface area contributed by atoms with Crippen molar-refractivity contribution < 1.29 is 0 Å². The molecule has 750 valence electrons. The highest BCUT2D eigenvalue weighted by Crippen LogP contribution is 2.58. The van der Waals surface area contributed by atoms with E-state index in [1.165, 1.54) is 195 Å². The van der Waals surface area contributed by atoms with Crippen LogP contribution in [0.15, 0.2) is 231 Å². The van der Waals surface area contributed by atoms with Gasteiger partial charge in [-0.2, -0.15) is 0 Å². The molecular formula is C142H182. The third-order valence-electron chi connectivity index (χ3n) is 30.3. The summed E-state index contributed by atoms with van der Waals surface area (Å²) in [6, 6.07) is 97.1. The molecule has 0 nitrogen and oxygen atoms in total. The lowest BCUT2D eigenvalue weighted by molar-refractivity contribution is 0.568. The maximum absolute atomic E-state index is 2.82. The lowest BCUT2D eigenvalue weighted by Crippen LogP contribution is -2.17. The second-order valence-corrected chi connectivity index (χ2v) is 59.3. The van der Waals surface area contributed by atoms with Gasteiger partial charge in [0, 0.05) is 0 Å². The molecule has 0 spiro atoms.